The first-order chi connectivity index (χ1) is 8.18. The predicted molar refractivity (Wildman–Crippen MR) is 70.3 cm³/mol. The number of carbonyl (C=O) groups excluding carboxylic acids is 1. The van der Waals surface area contributed by atoms with Gasteiger partial charge in [-0.2, -0.15) is 0 Å². The average Bonchev–Trinajstić information content (AvgIpc) is 2.52. The van der Waals surface area contributed by atoms with Gasteiger partial charge in [-0.05, 0) is 56.7 Å². The number of carbonyl (C=O) groups is 1. The molecule has 0 saturated carbocycles. The van der Waals surface area contributed by atoms with Gasteiger partial charge in [0, 0.05) is 11.6 Å². The minimum atomic E-state index is 0.0822. The average molecular weight is 231 g/mol. The van der Waals surface area contributed by atoms with Crippen LogP contribution in [-0.2, 0) is 12.8 Å². The van der Waals surface area contributed by atoms with Crippen molar-refractivity contribution in [2.45, 2.75) is 52.0 Å². The smallest absolute Gasteiger partial charge is 0.251 e. The molecule has 0 saturated heterocycles. The van der Waals surface area contributed by atoms with Gasteiger partial charge in [-0.1, -0.05) is 18.6 Å². The second kappa shape index (κ2) is 5.35. The molecule has 0 unspecified atom stereocenters. The van der Waals surface area contributed by atoms with Gasteiger partial charge < -0.3 is 5.32 Å². The van der Waals surface area contributed by atoms with Crippen LogP contribution in [0.2, 0.25) is 0 Å². The third-order valence-corrected chi connectivity index (χ3v) is 3.31. The lowest BCUT2D eigenvalue weighted by molar-refractivity contribution is 0.0942. The van der Waals surface area contributed by atoms with Crippen molar-refractivity contribution in [3.63, 3.8) is 0 Å². The molecule has 0 atom stereocenters. The first kappa shape index (κ1) is 12.2. The summed E-state index contributed by atoms with van der Waals surface area (Å²) in [6.45, 7) is 4.00. The van der Waals surface area contributed by atoms with E-state index in [9.17, 15) is 4.79 Å². The van der Waals surface area contributed by atoms with Crippen molar-refractivity contribution in [1.29, 1.82) is 0 Å². The van der Waals surface area contributed by atoms with E-state index in [-0.39, 0.29) is 11.9 Å². The van der Waals surface area contributed by atoms with E-state index in [1.807, 2.05) is 26.0 Å². The summed E-state index contributed by atoms with van der Waals surface area (Å²) in [7, 11) is 0. The molecule has 2 nitrogen and oxygen atoms in total. The van der Waals surface area contributed by atoms with E-state index in [1.165, 1.54) is 30.4 Å². The highest BCUT2D eigenvalue weighted by Gasteiger charge is 2.16. The summed E-state index contributed by atoms with van der Waals surface area (Å²) >= 11 is 0. The Hall–Kier alpha value is -1.31. The van der Waals surface area contributed by atoms with Gasteiger partial charge in [-0.25, -0.2) is 0 Å². The molecule has 2 heteroatoms. The third kappa shape index (κ3) is 2.87. The van der Waals surface area contributed by atoms with Gasteiger partial charge in [-0.15, -0.1) is 0 Å². The summed E-state index contributed by atoms with van der Waals surface area (Å²) in [6, 6.07) is 6.35. The molecule has 0 spiro atoms. The number of rotatable bonds is 2. The van der Waals surface area contributed by atoms with E-state index < -0.39 is 0 Å². The SMILES string of the molecule is CC(C)NC(=O)c1cccc2c1CCCCC2. The molecule has 1 aliphatic rings. The van der Waals surface area contributed by atoms with Crippen molar-refractivity contribution in [3.8, 4) is 0 Å². The van der Waals surface area contributed by atoms with Crippen LogP contribution in [0, 0.1) is 0 Å². The maximum absolute atomic E-state index is 12.1. The Bertz CT molecular complexity index is 409. The van der Waals surface area contributed by atoms with E-state index in [1.54, 1.807) is 0 Å². The van der Waals surface area contributed by atoms with Gasteiger partial charge in [0.05, 0.1) is 0 Å². The molecule has 1 amide bonds. The van der Waals surface area contributed by atoms with Crippen LogP contribution < -0.4 is 5.32 Å². The van der Waals surface area contributed by atoms with E-state index in [2.05, 4.69) is 11.4 Å². The van der Waals surface area contributed by atoms with Gasteiger partial charge >= 0.3 is 0 Å². The molecule has 0 fully saturated rings. The van der Waals surface area contributed by atoms with Crippen molar-refractivity contribution < 1.29 is 4.79 Å². The Labute approximate surface area is 103 Å². The highest BCUT2D eigenvalue weighted by atomic mass is 16.1. The number of nitrogens with one attached hydrogen (secondary N) is 1. The Kier molecular flexibility index (Phi) is 3.82. The molecule has 1 aromatic rings. The molecular weight excluding hydrogens is 210 g/mol. The minimum Gasteiger partial charge on any atom is -0.350 e. The minimum absolute atomic E-state index is 0.0822. The molecule has 1 aromatic carbocycles. The van der Waals surface area contributed by atoms with Crippen LogP contribution >= 0.6 is 0 Å². The highest BCUT2D eigenvalue weighted by molar-refractivity contribution is 5.96. The lowest BCUT2D eigenvalue weighted by Crippen LogP contribution is -2.31. The van der Waals surface area contributed by atoms with Crippen LogP contribution in [0.3, 0.4) is 0 Å². The van der Waals surface area contributed by atoms with Crippen LogP contribution in [0.1, 0.15) is 54.6 Å². The van der Waals surface area contributed by atoms with Crippen molar-refractivity contribution in [2.75, 3.05) is 0 Å². The highest BCUT2D eigenvalue weighted by Crippen LogP contribution is 2.23. The Morgan fingerprint density at radius 3 is 2.71 bits per heavy atom. The van der Waals surface area contributed by atoms with E-state index in [4.69, 9.17) is 0 Å². The molecule has 0 radical (unpaired) electrons. The summed E-state index contributed by atoms with van der Waals surface area (Å²) in [5.74, 6) is 0.0822. The molecule has 92 valence electrons. The van der Waals surface area contributed by atoms with Crippen molar-refractivity contribution in [1.82, 2.24) is 5.32 Å². The first-order valence-corrected chi connectivity index (χ1v) is 6.60. The zero-order chi connectivity index (χ0) is 12.3. The Balaban J connectivity index is 2.31. The quantitative estimate of drug-likeness (QED) is 0.779. The molecule has 1 N–H and O–H groups in total. The monoisotopic (exact) mass is 231 g/mol. The second-order valence-electron chi connectivity index (χ2n) is 5.13. The lowest BCUT2D eigenvalue weighted by Gasteiger charge is -2.14. The topological polar surface area (TPSA) is 29.1 Å². The van der Waals surface area contributed by atoms with E-state index in [0.29, 0.717) is 0 Å². The van der Waals surface area contributed by atoms with E-state index in [0.717, 1.165) is 18.4 Å². The molecule has 0 heterocycles. The molecule has 1 aliphatic carbocycles. The van der Waals surface area contributed by atoms with Gasteiger partial charge in [0.25, 0.3) is 5.91 Å². The number of hydrogen-bond acceptors (Lipinski definition) is 1. The summed E-state index contributed by atoms with van der Waals surface area (Å²) in [5, 5.41) is 2.99. The normalized spacial score (nSPS) is 15.2. The number of fused-ring (bicyclic) bond motifs is 1. The largest absolute Gasteiger partial charge is 0.350 e. The second-order valence-corrected chi connectivity index (χ2v) is 5.13. The number of amides is 1. The Morgan fingerprint density at radius 1 is 1.18 bits per heavy atom. The number of benzene rings is 1. The zero-order valence-corrected chi connectivity index (χ0v) is 10.8. The number of aryl methyl sites for hydroxylation is 1. The molecular formula is C15H21NO. The van der Waals surface area contributed by atoms with Crippen LogP contribution in [-0.4, -0.2) is 11.9 Å². The van der Waals surface area contributed by atoms with Crippen LogP contribution in [0.5, 0.6) is 0 Å². The third-order valence-electron chi connectivity index (χ3n) is 3.31. The van der Waals surface area contributed by atoms with Gasteiger partial charge in [0.1, 0.15) is 0 Å². The van der Waals surface area contributed by atoms with Crippen molar-refractivity contribution >= 4 is 5.91 Å². The van der Waals surface area contributed by atoms with Gasteiger partial charge in [0.2, 0.25) is 0 Å². The predicted octanol–water partition coefficient (Wildman–Crippen LogP) is 3.09. The summed E-state index contributed by atoms with van der Waals surface area (Å²) in [5.41, 5.74) is 3.54. The van der Waals surface area contributed by atoms with Crippen LogP contribution in [0.15, 0.2) is 18.2 Å². The lowest BCUT2D eigenvalue weighted by atomic mass is 9.96. The molecule has 17 heavy (non-hydrogen) atoms. The fraction of sp³-hybridized carbons (Fsp3) is 0.533. The van der Waals surface area contributed by atoms with E-state index >= 15 is 0 Å². The Morgan fingerprint density at radius 2 is 1.94 bits per heavy atom. The van der Waals surface area contributed by atoms with Gasteiger partial charge in [0.15, 0.2) is 0 Å². The standard InChI is InChI=1S/C15H21NO/c1-11(2)16-15(17)14-10-6-8-12-7-4-3-5-9-13(12)14/h6,8,10-11H,3-5,7,9H2,1-2H3,(H,16,17). The number of hydrogen-bond donors (Lipinski definition) is 1. The van der Waals surface area contributed by atoms with Crippen molar-refractivity contribution in [3.05, 3.63) is 34.9 Å². The molecule has 0 aromatic heterocycles. The molecule has 0 aliphatic heterocycles. The summed E-state index contributed by atoms with van der Waals surface area (Å²) in [6.07, 6.45) is 5.91. The van der Waals surface area contributed by atoms with Crippen molar-refractivity contribution in [2.24, 2.45) is 0 Å². The summed E-state index contributed by atoms with van der Waals surface area (Å²) < 4.78 is 0. The fourth-order valence-electron chi connectivity index (χ4n) is 2.51. The fourth-order valence-corrected chi connectivity index (χ4v) is 2.51. The van der Waals surface area contributed by atoms with Crippen LogP contribution in [0.25, 0.3) is 0 Å². The molecule has 0 bridgehead atoms. The molecule has 2 rings (SSSR count). The van der Waals surface area contributed by atoms with Gasteiger partial charge in [-0.3, -0.25) is 4.79 Å². The summed E-state index contributed by atoms with van der Waals surface area (Å²) in [4.78, 5) is 12.1. The maximum Gasteiger partial charge on any atom is 0.251 e. The van der Waals surface area contributed by atoms with Crippen LogP contribution in [0.4, 0.5) is 0 Å². The maximum atomic E-state index is 12.1. The zero-order valence-electron chi connectivity index (χ0n) is 10.8. The first-order valence-electron chi connectivity index (χ1n) is 6.60.